The van der Waals surface area contributed by atoms with Gasteiger partial charge in [-0.3, -0.25) is 0 Å². The average Bonchev–Trinajstić information content (AvgIpc) is 3.27. The van der Waals surface area contributed by atoms with E-state index in [4.69, 9.17) is 4.74 Å². The van der Waals surface area contributed by atoms with Crippen LogP contribution in [0.3, 0.4) is 0 Å². The first-order valence-electron chi connectivity index (χ1n) is 8.41. The van der Waals surface area contributed by atoms with Gasteiger partial charge < -0.3 is 10.1 Å². The molecule has 4 rings (SSSR count). The zero-order valence-corrected chi connectivity index (χ0v) is 16.3. The lowest BCUT2D eigenvalue weighted by Gasteiger charge is -2.04. The van der Waals surface area contributed by atoms with Crippen LogP contribution in [0.1, 0.15) is 10.6 Å². The van der Waals surface area contributed by atoms with Gasteiger partial charge in [-0.2, -0.15) is 0 Å². The molecular formula is C20H19N3OS2. The topological polar surface area (TPSA) is 47.0 Å². The van der Waals surface area contributed by atoms with Crippen molar-refractivity contribution in [1.82, 2.24) is 9.97 Å². The lowest BCUT2D eigenvalue weighted by Crippen LogP contribution is -2.04. The van der Waals surface area contributed by atoms with Crippen LogP contribution >= 0.6 is 22.7 Å². The van der Waals surface area contributed by atoms with E-state index < -0.39 is 0 Å². The van der Waals surface area contributed by atoms with E-state index in [1.165, 1.54) is 11.1 Å². The highest BCUT2D eigenvalue weighted by Gasteiger charge is 2.05. The molecule has 0 unspecified atom stereocenters. The number of hydrogen-bond acceptors (Lipinski definition) is 6. The molecule has 0 bridgehead atoms. The standard InChI is InChI=1S/C20H19N3OS2/c1-13-22-18(12-25-13)15-5-3-14(4-6-15)9-10-21-20-23-17-8-7-16(24-2)11-19(17)26-20/h3-8,11-12H,9-10H2,1-2H3,(H,21,23). The van der Waals surface area contributed by atoms with Crippen LogP contribution in [-0.4, -0.2) is 23.6 Å². The van der Waals surface area contributed by atoms with Crippen molar-refractivity contribution in [3.8, 4) is 17.0 Å². The Balaban J connectivity index is 1.37. The summed E-state index contributed by atoms with van der Waals surface area (Å²) in [7, 11) is 1.68. The molecule has 0 aliphatic carbocycles. The molecule has 6 heteroatoms. The van der Waals surface area contributed by atoms with Crippen LogP contribution in [0.5, 0.6) is 5.75 Å². The van der Waals surface area contributed by atoms with Gasteiger partial charge >= 0.3 is 0 Å². The number of hydrogen-bond donors (Lipinski definition) is 1. The van der Waals surface area contributed by atoms with Gasteiger partial charge in [-0.15, -0.1) is 11.3 Å². The molecule has 2 aromatic heterocycles. The van der Waals surface area contributed by atoms with E-state index >= 15 is 0 Å². The quantitative estimate of drug-likeness (QED) is 0.486. The van der Waals surface area contributed by atoms with Gasteiger partial charge in [0.2, 0.25) is 0 Å². The van der Waals surface area contributed by atoms with Crippen molar-refractivity contribution in [3.05, 3.63) is 58.4 Å². The zero-order chi connectivity index (χ0) is 17.9. The Labute approximate surface area is 160 Å². The molecule has 0 saturated carbocycles. The number of ether oxygens (including phenoxy) is 1. The molecule has 132 valence electrons. The molecule has 0 fully saturated rings. The van der Waals surface area contributed by atoms with Crippen LogP contribution in [0.2, 0.25) is 0 Å². The normalized spacial score (nSPS) is 11.0. The maximum atomic E-state index is 5.27. The molecular weight excluding hydrogens is 362 g/mol. The predicted octanol–water partition coefficient (Wildman–Crippen LogP) is 5.39. The molecule has 0 radical (unpaired) electrons. The average molecular weight is 382 g/mol. The highest BCUT2D eigenvalue weighted by atomic mass is 32.1. The summed E-state index contributed by atoms with van der Waals surface area (Å²) in [5.74, 6) is 0.864. The smallest absolute Gasteiger partial charge is 0.183 e. The fourth-order valence-corrected chi connectivity index (χ4v) is 4.30. The van der Waals surface area contributed by atoms with Gasteiger partial charge in [-0.25, -0.2) is 9.97 Å². The summed E-state index contributed by atoms with van der Waals surface area (Å²) >= 11 is 3.34. The van der Waals surface area contributed by atoms with Crippen molar-refractivity contribution in [3.63, 3.8) is 0 Å². The summed E-state index contributed by atoms with van der Waals surface area (Å²) in [5.41, 5.74) is 4.53. The molecule has 4 aromatic rings. The fraction of sp³-hybridized carbons (Fsp3) is 0.200. The van der Waals surface area contributed by atoms with E-state index in [0.717, 1.165) is 44.8 Å². The molecule has 2 heterocycles. The number of thiazole rings is 2. The number of anilines is 1. The number of rotatable bonds is 6. The van der Waals surface area contributed by atoms with Gasteiger partial charge in [-0.05, 0) is 37.1 Å². The van der Waals surface area contributed by atoms with E-state index in [0.29, 0.717) is 0 Å². The highest BCUT2D eigenvalue weighted by Crippen LogP contribution is 2.29. The van der Waals surface area contributed by atoms with E-state index in [9.17, 15) is 0 Å². The van der Waals surface area contributed by atoms with Crippen LogP contribution in [0, 0.1) is 6.92 Å². The summed E-state index contributed by atoms with van der Waals surface area (Å²) in [6.07, 6.45) is 0.954. The molecule has 4 nitrogen and oxygen atoms in total. The second-order valence-corrected chi connectivity index (χ2v) is 8.07. The molecule has 1 N–H and O–H groups in total. The molecule has 0 aliphatic heterocycles. The third-order valence-electron chi connectivity index (χ3n) is 4.15. The molecule has 26 heavy (non-hydrogen) atoms. The van der Waals surface area contributed by atoms with Gasteiger partial charge in [0.25, 0.3) is 0 Å². The molecule has 0 atom stereocenters. The first kappa shape index (κ1) is 17.0. The number of nitrogens with zero attached hydrogens (tertiary/aromatic N) is 2. The van der Waals surface area contributed by atoms with Crippen LogP contribution < -0.4 is 10.1 Å². The van der Waals surface area contributed by atoms with Crippen LogP contribution in [0.4, 0.5) is 5.13 Å². The van der Waals surface area contributed by atoms with Gasteiger partial charge in [-0.1, -0.05) is 35.6 Å². The SMILES string of the molecule is COc1ccc2nc(NCCc3ccc(-c4csc(C)n4)cc3)sc2c1. The third-order valence-corrected chi connectivity index (χ3v) is 5.90. The summed E-state index contributed by atoms with van der Waals surface area (Å²) < 4.78 is 6.40. The van der Waals surface area contributed by atoms with Crippen LogP contribution in [0.15, 0.2) is 47.8 Å². The Morgan fingerprint density at radius 1 is 1.08 bits per heavy atom. The van der Waals surface area contributed by atoms with Crippen molar-refractivity contribution in [1.29, 1.82) is 0 Å². The maximum Gasteiger partial charge on any atom is 0.183 e. The monoisotopic (exact) mass is 381 g/mol. The number of aryl methyl sites for hydroxylation is 1. The second-order valence-electron chi connectivity index (χ2n) is 5.98. The van der Waals surface area contributed by atoms with E-state index in [1.807, 2.05) is 25.1 Å². The van der Waals surface area contributed by atoms with Gasteiger partial charge in [0, 0.05) is 17.5 Å². The second kappa shape index (κ2) is 7.43. The molecule has 0 saturated heterocycles. The Morgan fingerprint density at radius 2 is 1.92 bits per heavy atom. The fourth-order valence-electron chi connectivity index (χ4n) is 2.76. The van der Waals surface area contributed by atoms with Crippen molar-refractivity contribution in [2.24, 2.45) is 0 Å². The van der Waals surface area contributed by atoms with E-state index in [1.54, 1.807) is 29.8 Å². The number of fused-ring (bicyclic) bond motifs is 1. The first-order valence-corrected chi connectivity index (χ1v) is 10.1. The number of benzene rings is 2. The largest absolute Gasteiger partial charge is 0.497 e. The minimum absolute atomic E-state index is 0.853. The van der Waals surface area contributed by atoms with Crippen LogP contribution in [-0.2, 0) is 6.42 Å². The van der Waals surface area contributed by atoms with Crippen molar-refractivity contribution < 1.29 is 4.74 Å². The lowest BCUT2D eigenvalue weighted by molar-refractivity contribution is 0.415. The summed E-state index contributed by atoms with van der Waals surface area (Å²) in [5, 5.41) is 7.58. The van der Waals surface area contributed by atoms with Gasteiger partial charge in [0.15, 0.2) is 5.13 Å². The molecule has 0 spiro atoms. The van der Waals surface area contributed by atoms with Gasteiger partial charge in [0.1, 0.15) is 5.75 Å². The highest BCUT2D eigenvalue weighted by molar-refractivity contribution is 7.22. The number of methoxy groups -OCH3 is 1. The Hall–Kier alpha value is -2.44. The summed E-state index contributed by atoms with van der Waals surface area (Å²) in [6, 6.07) is 14.6. The van der Waals surface area contributed by atoms with Crippen molar-refractivity contribution in [2.45, 2.75) is 13.3 Å². The predicted molar refractivity (Wildman–Crippen MR) is 111 cm³/mol. The number of aromatic nitrogens is 2. The molecule has 0 aliphatic rings. The number of nitrogens with one attached hydrogen (secondary N) is 1. The van der Waals surface area contributed by atoms with Crippen molar-refractivity contribution >= 4 is 38.0 Å². The Bertz CT molecular complexity index is 1020. The third kappa shape index (κ3) is 3.71. The Kier molecular flexibility index (Phi) is 4.86. The molecule has 2 aromatic carbocycles. The summed E-state index contributed by atoms with van der Waals surface area (Å²) in [6.45, 7) is 2.89. The van der Waals surface area contributed by atoms with Crippen molar-refractivity contribution in [2.75, 3.05) is 19.0 Å². The maximum absolute atomic E-state index is 5.27. The van der Waals surface area contributed by atoms with Crippen LogP contribution in [0.25, 0.3) is 21.5 Å². The minimum atomic E-state index is 0.853. The minimum Gasteiger partial charge on any atom is -0.497 e. The molecule has 0 amide bonds. The van der Waals surface area contributed by atoms with E-state index in [-0.39, 0.29) is 0 Å². The lowest BCUT2D eigenvalue weighted by atomic mass is 10.1. The first-order chi connectivity index (χ1) is 12.7. The summed E-state index contributed by atoms with van der Waals surface area (Å²) in [4.78, 5) is 9.16. The zero-order valence-electron chi connectivity index (χ0n) is 14.7. The van der Waals surface area contributed by atoms with E-state index in [2.05, 4.69) is 44.9 Å². The Morgan fingerprint density at radius 3 is 2.65 bits per heavy atom. The van der Waals surface area contributed by atoms with Gasteiger partial charge in [0.05, 0.1) is 28.0 Å².